The molecule has 0 radical (unpaired) electrons. The summed E-state index contributed by atoms with van der Waals surface area (Å²) in [4.78, 5) is 14.7. The van der Waals surface area contributed by atoms with Crippen molar-refractivity contribution in [2.75, 3.05) is 56.1 Å². The molecule has 3 rings (SSSR count). The van der Waals surface area contributed by atoms with Crippen LogP contribution in [-0.2, 0) is 26.3 Å². The molecule has 8 nitrogen and oxygen atoms in total. The molecule has 1 saturated heterocycles. The number of carbonyl (C=O) groups is 1. The van der Waals surface area contributed by atoms with Crippen molar-refractivity contribution in [1.29, 1.82) is 0 Å². The summed E-state index contributed by atoms with van der Waals surface area (Å²) in [6, 6.07) is 13.2. The number of anilines is 2. The monoisotopic (exact) mass is 450 g/mol. The van der Waals surface area contributed by atoms with Crippen LogP contribution in [0.2, 0.25) is 0 Å². The summed E-state index contributed by atoms with van der Waals surface area (Å²) < 4.78 is 46.7. The topological polar surface area (TPSA) is 82.2 Å². The minimum atomic E-state index is -4.06. The van der Waals surface area contributed by atoms with Gasteiger partial charge >= 0.3 is 10.2 Å². The summed E-state index contributed by atoms with van der Waals surface area (Å²) in [5.74, 6) is -1.26. The molecule has 0 bridgehead atoms. The van der Waals surface area contributed by atoms with E-state index in [9.17, 15) is 17.6 Å². The third-order valence-electron chi connectivity index (χ3n) is 4.95. The molecule has 0 atom stereocenters. The van der Waals surface area contributed by atoms with E-state index in [4.69, 9.17) is 4.74 Å². The highest BCUT2D eigenvalue weighted by Crippen LogP contribution is 2.23. The second-order valence-electron chi connectivity index (χ2n) is 7.29. The number of para-hydroxylation sites is 1. The van der Waals surface area contributed by atoms with Crippen LogP contribution in [0.5, 0.6) is 0 Å². The van der Waals surface area contributed by atoms with E-state index in [1.165, 1.54) is 32.3 Å². The Balaban J connectivity index is 1.65. The minimum Gasteiger partial charge on any atom is -0.378 e. The first kappa shape index (κ1) is 23.0. The first-order chi connectivity index (χ1) is 14.8. The number of amides is 1. The lowest BCUT2D eigenvalue weighted by molar-refractivity contribution is -0.119. The van der Waals surface area contributed by atoms with Crippen molar-refractivity contribution in [2.24, 2.45) is 0 Å². The van der Waals surface area contributed by atoms with Crippen molar-refractivity contribution in [3.8, 4) is 0 Å². The zero-order valence-corrected chi connectivity index (χ0v) is 18.4. The van der Waals surface area contributed by atoms with Gasteiger partial charge in [0.25, 0.3) is 0 Å². The number of ether oxygens (including phenoxy) is 1. The molecule has 0 spiro atoms. The molecule has 0 unspecified atom stereocenters. The zero-order valence-electron chi connectivity index (χ0n) is 17.6. The first-order valence-corrected chi connectivity index (χ1v) is 11.3. The van der Waals surface area contributed by atoms with Crippen LogP contribution in [0.3, 0.4) is 0 Å². The fourth-order valence-corrected chi connectivity index (χ4v) is 4.25. The molecule has 168 valence electrons. The Bertz CT molecular complexity index is 993. The summed E-state index contributed by atoms with van der Waals surface area (Å²) in [5.41, 5.74) is 1.78. The van der Waals surface area contributed by atoms with Gasteiger partial charge in [-0.2, -0.15) is 12.7 Å². The minimum absolute atomic E-state index is 0.179. The molecule has 1 N–H and O–H groups in total. The first-order valence-electron chi connectivity index (χ1n) is 9.92. The van der Waals surface area contributed by atoms with Gasteiger partial charge in [-0.3, -0.25) is 4.79 Å². The molecule has 1 aliphatic heterocycles. The number of nitrogens with one attached hydrogen (secondary N) is 1. The second kappa shape index (κ2) is 10.1. The Morgan fingerprint density at radius 2 is 1.74 bits per heavy atom. The molecule has 1 fully saturated rings. The fraction of sp³-hybridized carbons (Fsp3) is 0.381. The Hall–Kier alpha value is -2.69. The highest BCUT2D eigenvalue weighted by atomic mass is 32.2. The average Bonchev–Trinajstić information content (AvgIpc) is 2.77. The van der Waals surface area contributed by atoms with Crippen molar-refractivity contribution in [1.82, 2.24) is 9.62 Å². The molecular formula is C21H27FN4O4S. The van der Waals surface area contributed by atoms with Gasteiger partial charge in [0.1, 0.15) is 12.4 Å². The van der Waals surface area contributed by atoms with Crippen molar-refractivity contribution >= 4 is 27.5 Å². The van der Waals surface area contributed by atoms with Crippen molar-refractivity contribution in [2.45, 2.75) is 6.54 Å². The summed E-state index contributed by atoms with van der Waals surface area (Å²) in [7, 11) is -1.40. The predicted molar refractivity (Wildman–Crippen MR) is 118 cm³/mol. The largest absolute Gasteiger partial charge is 0.378 e. The number of nitrogens with zero attached hydrogens (tertiary/aromatic N) is 3. The van der Waals surface area contributed by atoms with E-state index < -0.39 is 28.5 Å². The van der Waals surface area contributed by atoms with Gasteiger partial charge in [-0.1, -0.05) is 24.3 Å². The molecular weight excluding hydrogens is 423 g/mol. The fourth-order valence-electron chi connectivity index (χ4n) is 3.18. The molecule has 10 heteroatoms. The van der Waals surface area contributed by atoms with Gasteiger partial charge in [0.05, 0.1) is 18.9 Å². The lowest BCUT2D eigenvalue weighted by Crippen LogP contribution is -2.46. The van der Waals surface area contributed by atoms with E-state index in [0.717, 1.165) is 39.0 Å². The smallest absolute Gasteiger partial charge is 0.304 e. The third-order valence-corrected chi connectivity index (χ3v) is 6.76. The molecule has 2 aromatic carbocycles. The normalized spacial score (nSPS) is 14.5. The third kappa shape index (κ3) is 5.72. The van der Waals surface area contributed by atoms with Gasteiger partial charge in [-0.15, -0.1) is 0 Å². The molecule has 31 heavy (non-hydrogen) atoms. The molecule has 1 amide bonds. The van der Waals surface area contributed by atoms with Gasteiger partial charge in [-0.05, 0) is 29.8 Å². The van der Waals surface area contributed by atoms with Crippen LogP contribution in [0.25, 0.3) is 0 Å². The standard InChI is InChI=1S/C21H27FN4O4S/c1-24(2)31(28,29)26(20-6-4-3-5-19(20)22)16-21(27)23-15-17-7-9-18(10-8-17)25-11-13-30-14-12-25/h3-10H,11-16H2,1-2H3,(H,23,27). The van der Waals surface area contributed by atoms with E-state index >= 15 is 0 Å². The predicted octanol–water partition coefficient (Wildman–Crippen LogP) is 1.59. The van der Waals surface area contributed by atoms with Crippen molar-refractivity contribution in [3.05, 3.63) is 59.9 Å². The maximum Gasteiger partial charge on any atom is 0.304 e. The van der Waals surface area contributed by atoms with E-state index in [1.54, 1.807) is 0 Å². The zero-order chi connectivity index (χ0) is 22.4. The number of carbonyl (C=O) groups excluding carboxylic acids is 1. The number of hydrogen-bond donors (Lipinski definition) is 1. The summed E-state index contributed by atoms with van der Waals surface area (Å²) in [5, 5.41) is 2.71. The highest BCUT2D eigenvalue weighted by Gasteiger charge is 2.29. The second-order valence-corrected chi connectivity index (χ2v) is 9.36. The van der Waals surface area contributed by atoms with Crippen LogP contribution < -0.4 is 14.5 Å². The highest BCUT2D eigenvalue weighted by molar-refractivity contribution is 7.90. The Morgan fingerprint density at radius 1 is 1.10 bits per heavy atom. The summed E-state index contributed by atoms with van der Waals surface area (Å²) >= 11 is 0. The van der Waals surface area contributed by atoms with Crippen LogP contribution >= 0.6 is 0 Å². The summed E-state index contributed by atoms with van der Waals surface area (Å²) in [6.45, 7) is 2.77. The number of rotatable bonds is 8. The Kier molecular flexibility index (Phi) is 7.47. The van der Waals surface area contributed by atoms with Gasteiger partial charge in [-0.25, -0.2) is 8.70 Å². The van der Waals surface area contributed by atoms with E-state index in [0.29, 0.717) is 13.2 Å². The van der Waals surface area contributed by atoms with E-state index in [2.05, 4.69) is 10.2 Å². The molecule has 0 aromatic heterocycles. The Morgan fingerprint density at radius 3 is 2.35 bits per heavy atom. The molecule has 1 aliphatic rings. The van der Waals surface area contributed by atoms with Crippen LogP contribution in [0.1, 0.15) is 5.56 Å². The van der Waals surface area contributed by atoms with Crippen molar-refractivity contribution in [3.63, 3.8) is 0 Å². The lowest BCUT2D eigenvalue weighted by atomic mass is 10.2. The number of morpholine rings is 1. The van der Waals surface area contributed by atoms with Crippen LogP contribution in [0.15, 0.2) is 48.5 Å². The molecule has 2 aromatic rings. The van der Waals surface area contributed by atoms with E-state index in [-0.39, 0.29) is 12.2 Å². The van der Waals surface area contributed by atoms with Crippen LogP contribution in [0, 0.1) is 5.82 Å². The van der Waals surface area contributed by atoms with Gasteiger partial charge < -0.3 is 15.0 Å². The Labute approximate surface area is 182 Å². The van der Waals surface area contributed by atoms with Crippen LogP contribution in [-0.4, -0.2) is 65.6 Å². The number of halogens is 1. The molecule has 0 saturated carbocycles. The quantitative estimate of drug-likeness (QED) is 0.661. The maximum absolute atomic E-state index is 14.3. The number of hydrogen-bond acceptors (Lipinski definition) is 5. The van der Waals surface area contributed by atoms with Crippen LogP contribution in [0.4, 0.5) is 15.8 Å². The lowest BCUT2D eigenvalue weighted by Gasteiger charge is -2.29. The number of benzene rings is 2. The van der Waals surface area contributed by atoms with E-state index in [1.807, 2.05) is 24.3 Å². The average molecular weight is 451 g/mol. The SMILES string of the molecule is CN(C)S(=O)(=O)N(CC(=O)NCc1ccc(N2CCOCC2)cc1)c1ccccc1F. The summed E-state index contributed by atoms with van der Waals surface area (Å²) in [6.07, 6.45) is 0. The van der Waals surface area contributed by atoms with Gasteiger partial charge in [0, 0.05) is 39.4 Å². The molecule has 1 heterocycles. The van der Waals surface area contributed by atoms with Gasteiger partial charge in [0.2, 0.25) is 5.91 Å². The molecule has 0 aliphatic carbocycles. The maximum atomic E-state index is 14.3. The van der Waals surface area contributed by atoms with Gasteiger partial charge in [0.15, 0.2) is 0 Å². The van der Waals surface area contributed by atoms with Crippen molar-refractivity contribution < 1.29 is 22.3 Å².